The molecule has 110 valence electrons. The lowest BCUT2D eigenvalue weighted by atomic mass is 9.69. The molecule has 0 atom stereocenters. The maximum absolute atomic E-state index is 12.8. The van der Waals surface area contributed by atoms with Gasteiger partial charge in [-0.15, -0.1) is 0 Å². The fourth-order valence-electron chi connectivity index (χ4n) is 2.64. The van der Waals surface area contributed by atoms with E-state index in [9.17, 15) is 18.3 Å². The predicted molar refractivity (Wildman–Crippen MR) is 79.3 cm³/mol. The molecule has 0 aromatic heterocycles. The van der Waals surface area contributed by atoms with E-state index in [4.69, 9.17) is 0 Å². The van der Waals surface area contributed by atoms with E-state index < -0.39 is 20.6 Å². The number of rotatable bonds is 4. The van der Waals surface area contributed by atoms with Gasteiger partial charge in [-0.1, -0.05) is 26.0 Å². The summed E-state index contributed by atoms with van der Waals surface area (Å²) in [6.45, 7) is 3.98. The van der Waals surface area contributed by atoms with Crippen LogP contribution >= 0.6 is 15.9 Å². The Labute approximate surface area is 127 Å². The molecule has 1 aromatic rings. The number of carbonyl (C=O) groups is 1. The first kappa shape index (κ1) is 15.5. The van der Waals surface area contributed by atoms with E-state index in [1.165, 1.54) is 6.07 Å². The van der Waals surface area contributed by atoms with E-state index in [1.807, 2.05) is 13.8 Å². The van der Waals surface area contributed by atoms with E-state index in [-0.39, 0.29) is 29.6 Å². The molecular weight excluding hydrogens is 344 g/mol. The Morgan fingerprint density at radius 3 is 2.35 bits per heavy atom. The molecule has 0 heterocycles. The molecule has 0 spiro atoms. The van der Waals surface area contributed by atoms with Crippen molar-refractivity contribution in [3.05, 3.63) is 28.7 Å². The third-order valence-electron chi connectivity index (χ3n) is 4.16. The molecule has 0 radical (unpaired) electrons. The molecule has 1 N–H and O–H groups in total. The van der Waals surface area contributed by atoms with Gasteiger partial charge in [-0.25, -0.2) is 8.42 Å². The molecule has 0 unspecified atom stereocenters. The van der Waals surface area contributed by atoms with Gasteiger partial charge in [0.1, 0.15) is 0 Å². The van der Waals surface area contributed by atoms with Gasteiger partial charge in [-0.2, -0.15) is 0 Å². The molecule has 20 heavy (non-hydrogen) atoms. The van der Waals surface area contributed by atoms with E-state index in [2.05, 4.69) is 15.9 Å². The molecule has 2 rings (SSSR count). The van der Waals surface area contributed by atoms with Gasteiger partial charge in [0.25, 0.3) is 0 Å². The van der Waals surface area contributed by atoms with Crippen LogP contribution in [-0.2, 0) is 14.6 Å². The Hall–Kier alpha value is -0.880. The molecule has 1 saturated carbocycles. The number of carboxylic acid groups (broad SMARTS) is 1. The quantitative estimate of drug-likeness (QED) is 0.895. The van der Waals surface area contributed by atoms with Crippen LogP contribution < -0.4 is 0 Å². The SMILES string of the molecule is CC(C)C1CC(C(=O)O)(S(=O)(=O)c2ccccc2Br)C1. The number of halogens is 1. The summed E-state index contributed by atoms with van der Waals surface area (Å²) >= 11 is 3.20. The summed E-state index contributed by atoms with van der Waals surface area (Å²) in [6.07, 6.45) is 0.368. The summed E-state index contributed by atoms with van der Waals surface area (Å²) in [6, 6.07) is 6.37. The molecule has 1 aliphatic carbocycles. The molecule has 0 saturated heterocycles. The highest BCUT2D eigenvalue weighted by molar-refractivity contribution is 9.10. The Bertz CT molecular complexity index is 630. The molecule has 4 nitrogen and oxygen atoms in total. The fourth-order valence-corrected chi connectivity index (χ4v) is 5.67. The van der Waals surface area contributed by atoms with Gasteiger partial charge in [0.2, 0.25) is 0 Å². The van der Waals surface area contributed by atoms with E-state index in [1.54, 1.807) is 18.2 Å². The van der Waals surface area contributed by atoms with Crippen LogP contribution in [0.5, 0.6) is 0 Å². The van der Waals surface area contributed by atoms with Gasteiger partial charge in [0.05, 0.1) is 4.90 Å². The molecule has 1 fully saturated rings. The zero-order chi connectivity index (χ0) is 15.1. The molecule has 0 amide bonds. The van der Waals surface area contributed by atoms with Crippen LogP contribution in [0.1, 0.15) is 26.7 Å². The highest BCUT2D eigenvalue weighted by Crippen LogP contribution is 2.50. The minimum Gasteiger partial charge on any atom is -0.480 e. The van der Waals surface area contributed by atoms with Gasteiger partial charge < -0.3 is 5.11 Å². The second-order valence-corrected chi connectivity index (χ2v) is 8.73. The van der Waals surface area contributed by atoms with Crippen LogP contribution in [0, 0.1) is 11.8 Å². The number of carboxylic acids is 1. The zero-order valence-electron chi connectivity index (χ0n) is 11.3. The normalized spacial score (nSPS) is 26.3. The average Bonchev–Trinajstić information content (AvgIpc) is 2.26. The van der Waals surface area contributed by atoms with Crippen LogP contribution in [-0.4, -0.2) is 24.2 Å². The number of hydrogen-bond acceptors (Lipinski definition) is 3. The Balaban J connectivity index is 2.47. The lowest BCUT2D eigenvalue weighted by molar-refractivity contribution is -0.144. The molecule has 6 heteroatoms. The maximum Gasteiger partial charge on any atom is 0.325 e. The minimum atomic E-state index is -3.91. The van der Waals surface area contributed by atoms with Gasteiger partial charge in [-0.05, 0) is 52.7 Å². The first-order valence-electron chi connectivity index (χ1n) is 6.45. The monoisotopic (exact) mass is 360 g/mol. The average molecular weight is 361 g/mol. The van der Waals surface area contributed by atoms with Crippen LogP contribution in [0.2, 0.25) is 0 Å². The summed E-state index contributed by atoms with van der Waals surface area (Å²) in [5.74, 6) is -0.814. The smallest absolute Gasteiger partial charge is 0.325 e. The van der Waals surface area contributed by atoms with Crippen molar-refractivity contribution in [3.63, 3.8) is 0 Å². The van der Waals surface area contributed by atoms with E-state index in [0.29, 0.717) is 4.47 Å². The Morgan fingerprint density at radius 1 is 1.35 bits per heavy atom. The first-order chi connectivity index (χ1) is 9.22. The molecule has 0 bridgehead atoms. The molecule has 0 aliphatic heterocycles. The fraction of sp³-hybridized carbons (Fsp3) is 0.500. The van der Waals surface area contributed by atoms with Crippen molar-refractivity contribution >= 4 is 31.7 Å². The number of benzene rings is 1. The molecule has 1 aliphatic rings. The first-order valence-corrected chi connectivity index (χ1v) is 8.72. The lowest BCUT2D eigenvalue weighted by Crippen LogP contribution is -2.57. The van der Waals surface area contributed by atoms with Crippen molar-refractivity contribution in [1.82, 2.24) is 0 Å². The summed E-state index contributed by atoms with van der Waals surface area (Å²) in [5.41, 5.74) is 0. The largest absolute Gasteiger partial charge is 0.480 e. The number of hydrogen-bond donors (Lipinski definition) is 1. The van der Waals surface area contributed by atoms with Crippen LogP contribution in [0.15, 0.2) is 33.6 Å². The van der Waals surface area contributed by atoms with Crippen molar-refractivity contribution in [3.8, 4) is 0 Å². The molecular formula is C14H17BrO4S. The highest BCUT2D eigenvalue weighted by Gasteiger charge is 2.61. The van der Waals surface area contributed by atoms with Gasteiger partial charge in [0, 0.05) is 4.47 Å². The van der Waals surface area contributed by atoms with Gasteiger partial charge in [-0.3, -0.25) is 4.79 Å². The van der Waals surface area contributed by atoms with E-state index in [0.717, 1.165) is 0 Å². The van der Waals surface area contributed by atoms with Gasteiger partial charge in [0.15, 0.2) is 14.6 Å². The van der Waals surface area contributed by atoms with Crippen molar-refractivity contribution in [1.29, 1.82) is 0 Å². The third kappa shape index (κ3) is 2.19. The summed E-state index contributed by atoms with van der Waals surface area (Å²) < 4.78 is 24.2. The summed E-state index contributed by atoms with van der Waals surface area (Å²) in [5, 5.41) is 9.48. The van der Waals surface area contributed by atoms with Crippen molar-refractivity contribution < 1.29 is 18.3 Å². The van der Waals surface area contributed by atoms with Crippen molar-refractivity contribution in [2.45, 2.75) is 36.3 Å². The summed E-state index contributed by atoms with van der Waals surface area (Å²) in [7, 11) is -3.91. The lowest BCUT2D eigenvalue weighted by Gasteiger charge is -2.45. The van der Waals surface area contributed by atoms with Crippen LogP contribution in [0.4, 0.5) is 0 Å². The highest BCUT2D eigenvalue weighted by atomic mass is 79.9. The topological polar surface area (TPSA) is 71.4 Å². The second-order valence-electron chi connectivity index (χ2n) is 5.65. The maximum atomic E-state index is 12.8. The number of aliphatic carboxylic acids is 1. The van der Waals surface area contributed by atoms with E-state index >= 15 is 0 Å². The predicted octanol–water partition coefficient (Wildman–Crippen LogP) is 3.11. The van der Waals surface area contributed by atoms with Crippen molar-refractivity contribution in [2.24, 2.45) is 11.8 Å². The Kier molecular flexibility index (Phi) is 3.99. The van der Waals surface area contributed by atoms with Crippen molar-refractivity contribution in [2.75, 3.05) is 0 Å². The second kappa shape index (κ2) is 5.15. The summed E-state index contributed by atoms with van der Waals surface area (Å²) in [4.78, 5) is 11.7. The number of sulfone groups is 1. The zero-order valence-corrected chi connectivity index (χ0v) is 13.7. The minimum absolute atomic E-state index is 0.0598. The third-order valence-corrected chi connectivity index (χ3v) is 7.58. The Morgan fingerprint density at radius 2 is 1.90 bits per heavy atom. The van der Waals surface area contributed by atoms with Crippen LogP contribution in [0.3, 0.4) is 0 Å². The van der Waals surface area contributed by atoms with Crippen LogP contribution in [0.25, 0.3) is 0 Å². The molecule has 1 aromatic carbocycles. The van der Waals surface area contributed by atoms with Gasteiger partial charge >= 0.3 is 5.97 Å². The standard InChI is InChI=1S/C14H17BrO4S/c1-9(2)10-7-14(8-10,13(16)17)20(18,19)12-6-4-3-5-11(12)15/h3-6,9-10H,7-8H2,1-2H3,(H,16,17).